The van der Waals surface area contributed by atoms with Gasteiger partial charge in [-0.3, -0.25) is 0 Å². The Hall–Kier alpha value is -1.96. The highest BCUT2D eigenvalue weighted by Gasteiger charge is 2.29. The molecule has 4 rings (SSSR count). The van der Waals surface area contributed by atoms with E-state index >= 15 is 0 Å². The molecule has 2 aliphatic rings. The number of ether oxygens (including phenoxy) is 1. The fraction of sp³-hybridized carbons (Fsp3) is 0.455. The molecular weight excluding hydrogens is 294 g/mol. The molecule has 2 heteroatoms. The van der Waals surface area contributed by atoms with Crippen LogP contribution in [0.4, 0.5) is 11.4 Å². The molecule has 2 nitrogen and oxygen atoms in total. The van der Waals surface area contributed by atoms with Gasteiger partial charge in [-0.25, -0.2) is 0 Å². The summed E-state index contributed by atoms with van der Waals surface area (Å²) in [5.41, 5.74) is 2.47. The maximum absolute atomic E-state index is 6.16. The summed E-state index contributed by atoms with van der Waals surface area (Å²) < 4.78 is 6.16. The van der Waals surface area contributed by atoms with Crippen LogP contribution in [0.1, 0.15) is 57.8 Å². The Balaban J connectivity index is 1.69. The summed E-state index contributed by atoms with van der Waals surface area (Å²) in [7, 11) is 0. The van der Waals surface area contributed by atoms with Crippen LogP contribution >= 0.6 is 0 Å². The Kier molecular flexibility index (Phi) is 4.73. The van der Waals surface area contributed by atoms with Crippen molar-refractivity contribution in [3.05, 3.63) is 48.5 Å². The van der Waals surface area contributed by atoms with Gasteiger partial charge in [0.05, 0.1) is 11.4 Å². The highest BCUT2D eigenvalue weighted by molar-refractivity contribution is 5.78. The highest BCUT2D eigenvalue weighted by atomic mass is 16.5. The average molecular weight is 321 g/mol. The standard InChI is InChI=1S/C22H27NO/c1-2-4-6-12-18(13-7-5-3-1)23-19-14-8-10-16-21(19)24-22-17-11-9-15-20(22)23/h8-11,14-18H,1-7,12-13H2. The predicted octanol–water partition coefficient (Wildman–Crippen LogP) is 6.82. The van der Waals surface area contributed by atoms with Crippen molar-refractivity contribution in [1.82, 2.24) is 0 Å². The van der Waals surface area contributed by atoms with Gasteiger partial charge >= 0.3 is 0 Å². The zero-order valence-corrected chi connectivity index (χ0v) is 14.4. The van der Waals surface area contributed by atoms with E-state index in [0.29, 0.717) is 6.04 Å². The van der Waals surface area contributed by atoms with Crippen LogP contribution in [-0.4, -0.2) is 6.04 Å². The van der Waals surface area contributed by atoms with Crippen molar-refractivity contribution < 1.29 is 4.74 Å². The van der Waals surface area contributed by atoms with Gasteiger partial charge in [0.2, 0.25) is 0 Å². The summed E-state index contributed by atoms with van der Waals surface area (Å²) in [5, 5.41) is 0. The second-order valence-corrected chi connectivity index (χ2v) is 7.11. The van der Waals surface area contributed by atoms with E-state index in [1.807, 2.05) is 0 Å². The van der Waals surface area contributed by atoms with Gasteiger partial charge in [-0.2, -0.15) is 0 Å². The molecule has 1 saturated carbocycles. The third-order valence-electron chi connectivity index (χ3n) is 5.41. The molecule has 0 N–H and O–H groups in total. The first-order valence-corrected chi connectivity index (χ1v) is 9.58. The van der Waals surface area contributed by atoms with Crippen molar-refractivity contribution in [3.63, 3.8) is 0 Å². The molecular formula is C22H27NO. The van der Waals surface area contributed by atoms with Gasteiger partial charge in [-0.1, -0.05) is 69.2 Å². The maximum atomic E-state index is 6.16. The Bertz CT molecular complexity index is 626. The van der Waals surface area contributed by atoms with E-state index in [1.165, 1.54) is 69.2 Å². The first-order valence-electron chi connectivity index (χ1n) is 9.58. The van der Waals surface area contributed by atoms with E-state index in [1.54, 1.807) is 0 Å². The number of para-hydroxylation sites is 4. The topological polar surface area (TPSA) is 12.5 Å². The first kappa shape index (κ1) is 15.6. The van der Waals surface area contributed by atoms with Crippen LogP contribution in [0, 0.1) is 0 Å². The molecule has 1 aliphatic heterocycles. The van der Waals surface area contributed by atoms with E-state index in [2.05, 4.69) is 53.4 Å². The smallest absolute Gasteiger partial charge is 0.151 e. The summed E-state index contributed by atoms with van der Waals surface area (Å²) >= 11 is 0. The summed E-state index contributed by atoms with van der Waals surface area (Å²) in [6, 6.07) is 17.6. The summed E-state index contributed by atoms with van der Waals surface area (Å²) in [6.45, 7) is 0. The Morgan fingerprint density at radius 1 is 0.625 bits per heavy atom. The lowest BCUT2D eigenvalue weighted by molar-refractivity contribution is 0.431. The highest BCUT2D eigenvalue weighted by Crippen LogP contribution is 2.48. The lowest BCUT2D eigenvalue weighted by Gasteiger charge is -2.39. The molecule has 1 fully saturated rings. The molecule has 0 amide bonds. The summed E-state index contributed by atoms with van der Waals surface area (Å²) in [6.07, 6.45) is 12.2. The first-order chi connectivity index (χ1) is 11.9. The third-order valence-corrected chi connectivity index (χ3v) is 5.41. The quantitative estimate of drug-likeness (QED) is 0.571. The molecule has 0 aromatic heterocycles. The number of rotatable bonds is 1. The minimum Gasteiger partial charge on any atom is -0.453 e. The summed E-state index contributed by atoms with van der Waals surface area (Å²) in [5.74, 6) is 1.99. The predicted molar refractivity (Wildman–Crippen MR) is 100 cm³/mol. The molecule has 24 heavy (non-hydrogen) atoms. The molecule has 0 unspecified atom stereocenters. The molecule has 0 bridgehead atoms. The molecule has 1 aliphatic carbocycles. The van der Waals surface area contributed by atoms with Crippen molar-refractivity contribution >= 4 is 11.4 Å². The van der Waals surface area contributed by atoms with Gasteiger partial charge in [0.25, 0.3) is 0 Å². The van der Waals surface area contributed by atoms with Crippen LogP contribution in [-0.2, 0) is 0 Å². The van der Waals surface area contributed by atoms with E-state index in [9.17, 15) is 0 Å². The van der Waals surface area contributed by atoms with Gasteiger partial charge in [-0.15, -0.1) is 0 Å². The van der Waals surface area contributed by atoms with E-state index in [4.69, 9.17) is 4.74 Å². The molecule has 0 saturated heterocycles. The van der Waals surface area contributed by atoms with E-state index < -0.39 is 0 Å². The molecule has 1 heterocycles. The number of hydrogen-bond donors (Lipinski definition) is 0. The number of fused-ring (bicyclic) bond motifs is 2. The van der Waals surface area contributed by atoms with Crippen molar-refractivity contribution in [1.29, 1.82) is 0 Å². The van der Waals surface area contributed by atoms with Crippen molar-refractivity contribution in [3.8, 4) is 11.5 Å². The van der Waals surface area contributed by atoms with Gasteiger partial charge in [0.15, 0.2) is 11.5 Å². The molecule has 126 valence electrons. The number of nitrogens with zero attached hydrogens (tertiary/aromatic N) is 1. The van der Waals surface area contributed by atoms with E-state index in [-0.39, 0.29) is 0 Å². The molecule has 0 atom stereocenters. The Labute approximate surface area is 145 Å². The van der Waals surface area contributed by atoms with E-state index in [0.717, 1.165) is 11.5 Å². The largest absolute Gasteiger partial charge is 0.453 e. The van der Waals surface area contributed by atoms with Gasteiger partial charge in [0.1, 0.15) is 0 Å². The number of anilines is 2. The number of hydrogen-bond acceptors (Lipinski definition) is 2. The Morgan fingerprint density at radius 2 is 1.08 bits per heavy atom. The zero-order chi connectivity index (χ0) is 16.2. The monoisotopic (exact) mass is 321 g/mol. The van der Waals surface area contributed by atoms with Crippen LogP contribution in [0.25, 0.3) is 0 Å². The molecule has 2 aromatic carbocycles. The lowest BCUT2D eigenvalue weighted by Crippen LogP contribution is -2.33. The van der Waals surface area contributed by atoms with Gasteiger partial charge < -0.3 is 9.64 Å². The maximum Gasteiger partial charge on any atom is 0.151 e. The lowest BCUT2D eigenvalue weighted by atomic mass is 9.95. The van der Waals surface area contributed by atoms with Crippen LogP contribution in [0.15, 0.2) is 48.5 Å². The van der Waals surface area contributed by atoms with Gasteiger partial charge in [0, 0.05) is 6.04 Å². The van der Waals surface area contributed by atoms with Gasteiger partial charge in [-0.05, 0) is 37.1 Å². The SMILES string of the molecule is c1ccc2c(c1)Oc1ccccc1N2C1CCCCCCCCC1. The van der Waals surface area contributed by atoms with Crippen LogP contribution in [0.5, 0.6) is 11.5 Å². The van der Waals surface area contributed by atoms with Crippen molar-refractivity contribution in [2.75, 3.05) is 4.90 Å². The van der Waals surface area contributed by atoms with Crippen LogP contribution in [0.3, 0.4) is 0 Å². The van der Waals surface area contributed by atoms with Crippen molar-refractivity contribution in [2.45, 2.75) is 63.8 Å². The number of benzene rings is 2. The van der Waals surface area contributed by atoms with Crippen molar-refractivity contribution in [2.24, 2.45) is 0 Å². The molecule has 0 radical (unpaired) electrons. The minimum atomic E-state index is 0.578. The fourth-order valence-corrected chi connectivity index (χ4v) is 4.17. The second-order valence-electron chi connectivity index (χ2n) is 7.11. The molecule has 0 spiro atoms. The fourth-order valence-electron chi connectivity index (χ4n) is 4.17. The van der Waals surface area contributed by atoms with Crippen LogP contribution < -0.4 is 9.64 Å². The Morgan fingerprint density at radius 3 is 1.62 bits per heavy atom. The normalized spacial score (nSPS) is 19.1. The second kappa shape index (κ2) is 7.29. The third kappa shape index (κ3) is 3.15. The zero-order valence-electron chi connectivity index (χ0n) is 14.4. The molecule has 2 aromatic rings. The van der Waals surface area contributed by atoms with Crippen LogP contribution in [0.2, 0.25) is 0 Å². The summed E-state index contributed by atoms with van der Waals surface area (Å²) in [4.78, 5) is 2.57. The minimum absolute atomic E-state index is 0.578. The average Bonchev–Trinajstić information content (AvgIpc) is 2.64.